The summed E-state index contributed by atoms with van der Waals surface area (Å²) in [6.07, 6.45) is 4.69. The third-order valence-electron chi connectivity index (χ3n) is 5.18. The molecule has 108 valence electrons. The van der Waals surface area contributed by atoms with Gasteiger partial charge in [0.05, 0.1) is 19.3 Å². The van der Waals surface area contributed by atoms with Crippen LogP contribution in [0.4, 0.5) is 0 Å². The second kappa shape index (κ2) is 4.67. The standard InChI is InChI=1S/C14H22O5/c15-13-12-10(9-3-1-2-4-11(9)19-13)7-14(8-16-12)17-5-6-18-14/h9-13,15H,1-8H2/t9-,10-,11-,12+,13-/m1/s1. The minimum Gasteiger partial charge on any atom is -0.367 e. The molecule has 1 saturated carbocycles. The van der Waals surface area contributed by atoms with Gasteiger partial charge in [0.2, 0.25) is 0 Å². The molecule has 1 aliphatic carbocycles. The van der Waals surface area contributed by atoms with Crippen LogP contribution in [0.2, 0.25) is 0 Å². The molecular weight excluding hydrogens is 248 g/mol. The van der Waals surface area contributed by atoms with Crippen molar-refractivity contribution in [1.82, 2.24) is 0 Å². The van der Waals surface area contributed by atoms with E-state index in [9.17, 15) is 5.11 Å². The van der Waals surface area contributed by atoms with E-state index < -0.39 is 12.1 Å². The lowest BCUT2D eigenvalue weighted by Gasteiger charge is -2.52. The van der Waals surface area contributed by atoms with Crippen LogP contribution in [0.1, 0.15) is 32.1 Å². The van der Waals surface area contributed by atoms with E-state index in [-0.39, 0.29) is 12.2 Å². The lowest BCUT2D eigenvalue weighted by molar-refractivity contribution is -0.331. The van der Waals surface area contributed by atoms with Gasteiger partial charge in [-0.1, -0.05) is 12.8 Å². The van der Waals surface area contributed by atoms with Crippen molar-refractivity contribution in [3.05, 3.63) is 0 Å². The average molecular weight is 270 g/mol. The molecule has 5 atom stereocenters. The van der Waals surface area contributed by atoms with Crippen LogP contribution in [0.15, 0.2) is 0 Å². The zero-order valence-electron chi connectivity index (χ0n) is 11.1. The maximum absolute atomic E-state index is 10.1. The van der Waals surface area contributed by atoms with Crippen molar-refractivity contribution in [2.75, 3.05) is 19.8 Å². The van der Waals surface area contributed by atoms with Crippen molar-refractivity contribution >= 4 is 0 Å². The van der Waals surface area contributed by atoms with Gasteiger partial charge < -0.3 is 24.1 Å². The molecule has 0 radical (unpaired) electrons. The van der Waals surface area contributed by atoms with Crippen molar-refractivity contribution in [2.45, 2.75) is 56.4 Å². The fourth-order valence-electron chi connectivity index (χ4n) is 4.31. The van der Waals surface area contributed by atoms with Gasteiger partial charge in [-0.25, -0.2) is 0 Å². The van der Waals surface area contributed by atoms with E-state index in [2.05, 4.69) is 0 Å². The Bertz CT molecular complexity index is 341. The van der Waals surface area contributed by atoms with Crippen LogP contribution in [0.3, 0.4) is 0 Å². The predicted molar refractivity (Wildman–Crippen MR) is 65.3 cm³/mol. The maximum Gasteiger partial charge on any atom is 0.192 e. The van der Waals surface area contributed by atoms with Crippen LogP contribution in [0, 0.1) is 11.8 Å². The minimum atomic E-state index is -0.789. The maximum atomic E-state index is 10.1. The molecule has 19 heavy (non-hydrogen) atoms. The van der Waals surface area contributed by atoms with E-state index in [1.807, 2.05) is 0 Å². The quantitative estimate of drug-likeness (QED) is 0.713. The monoisotopic (exact) mass is 270 g/mol. The summed E-state index contributed by atoms with van der Waals surface area (Å²) >= 11 is 0. The fourth-order valence-corrected chi connectivity index (χ4v) is 4.31. The molecule has 5 heteroatoms. The molecule has 0 aromatic heterocycles. The number of aliphatic hydroxyl groups is 1. The molecule has 4 fully saturated rings. The van der Waals surface area contributed by atoms with E-state index >= 15 is 0 Å². The van der Waals surface area contributed by atoms with Crippen LogP contribution in [0.5, 0.6) is 0 Å². The molecule has 1 spiro atoms. The highest BCUT2D eigenvalue weighted by atomic mass is 16.8. The van der Waals surface area contributed by atoms with Crippen LogP contribution >= 0.6 is 0 Å². The van der Waals surface area contributed by atoms with Crippen LogP contribution in [-0.2, 0) is 18.9 Å². The van der Waals surface area contributed by atoms with Gasteiger partial charge >= 0.3 is 0 Å². The molecule has 3 saturated heterocycles. The topological polar surface area (TPSA) is 57.2 Å². The number of fused-ring (bicyclic) bond motifs is 3. The summed E-state index contributed by atoms with van der Waals surface area (Å²) in [4.78, 5) is 0. The molecule has 3 heterocycles. The summed E-state index contributed by atoms with van der Waals surface area (Å²) in [5.41, 5.74) is 0. The number of rotatable bonds is 0. The Kier molecular flexibility index (Phi) is 3.08. The Morgan fingerprint density at radius 1 is 1.00 bits per heavy atom. The fraction of sp³-hybridized carbons (Fsp3) is 1.00. The SMILES string of the molecule is O[C@@H]1O[C@@H]2CCCC[C@@H]2[C@H]2CC3(CO[C@@H]21)OCCO3. The van der Waals surface area contributed by atoms with Crippen molar-refractivity contribution in [1.29, 1.82) is 0 Å². The third-order valence-corrected chi connectivity index (χ3v) is 5.18. The average Bonchev–Trinajstić information content (AvgIpc) is 2.87. The van der Waals surface area contributed by atoms with Gasteiger partial charge in [0.25, 0.3) is 0 Å². The highest BCUT2D eigenvalue weighted by Gasteiger charge is 2.54. The van der Waals surface area contributed by atoms with E-state index in [0.29, 0.717) is 31.7 Å². The van der Waals surface area contributed by atoms with Gasteiger partial charge in [-0.3, -0.25) is 0 Å². The van der Waals surface area contributed by atoms with Gasteiger partial charge in [-0.05, 0) is 18.8 Å². The summed E-state index contributed by atoms with van der Waals surface area (Å²) in [6.45, 7) is 1.70. The number of ether oxygens (including phenoxy) is 4. The molecule has 5 nitrogen and oxygen atoms in total. The van der Waals surface area contributed by atoms with E-state index in [1.54, 1.807) is 0 Å². The van der Waals surface area contributed by atoms with Crippen molar-refractivity contribution in [3.63, 3.8) is 0 Å². The lowest BCUT2D eigenvalue weighted by atomic mass is 9.70. The van der Waals surface area contributed by atoms with Crippen LogP contribution in [0.25, 0.3) is 0 Å². The van der Waals surface area contributed by atoms with Gasteiger partial charge in [0, 0.05) is 12.3 Å². The van der Waals surface area contributed by atoms with Crippen LogP contribution in [-0.4, -0.2) is 49.2 Å². The van der Waals surface area contributed by atoms with Gasteiger partial charge in [-0.15, -0.1) is 0 Å². The summed E-state index contributed by atoms with van der Waals surface area (Å²) in [6, 6.07) is 0. The molecule has 0 bridgehead atoms. The molecule has 0 aromatic rings. The first-order chi connectivity index (χ1) is 9.27. The van der Waals surface area contributed by atoms with Crippen molar-refractivity contribution in [2.24, 2.45) is 11.8 Å². The number of aliphatic hydroxyl groups excluding tert-OH is 1. The zero-order valence-corrected chi connectivity index (χ0v) is 11.1. The Balaban J connectivity index is 1.57. The normalized spacial score (nSPS) is 48.8. The third kappa shape index (κ3) is 2.03. The number of hydrogen-bond donors (Lipinski definition) is 1. The zero-order chi connectivity index (χ0) is 12.9. The Morgan fingerprint density at radius 2 is 1.79 bits per heavy atom. The van der Waals surface area contributed by atoms with Gasteiger partial charge in [-0.2, -0.15) is 0 Å². The summed E-state index contributed by atoms with van der Waals surface area (Å²) in [7, 11) is 0. The first-order valence-corrected chi connectivity index (χ1v) is 7.50. The summed E-state index contributed by atoms with van der Waals surface area (Å²) in [5.74, 6) is 0.216. The molecule has 4 aliphatic rings. The predicted octanol–water partition coefficient (Wildman–Crippen LogP) is 1.04. The van der Waals surface area contributed by atoms with Crippen molar-refractivity contribution in [3.8, 4) is 0 Å². The smallest absolute Gasteiger partial charge is 0.192 e. The Hall–Kier alpha value is -0.200. The van der Waals surface area contributed by atoms with Crippen LogP contribution < -0.4 is 0 Å². The molecule has 1 N–H and O–H groups in total. The van der Waals surface area contributed by atoms with E-state index in [4.69, 9.17) is 18.9 Å². The first-order valence-electron chi connectivity index (χ1n) is 7.50. The second-order valence-corrected chi connectivity index (χ2v) is 6.26. The Morgan fingerprint density at radius 3 is 2.63 bits per heavy atom. The van der Waals surface area contributed by atoms with E-state index in [1.165, 1.54) is 12.8 Å². The van der Waals surface area contributed by atoms with E-state index in [0.717, 1.165) is 19.3 Å². The number of hydrogen-bond acceptors (Lipinski definition) is 5. The molecule has 0 amide bonds. The Labute approximate surface area is 113 Å². The lowest BCUT2D eigenvalue weighted by Crippen LogP contribution is -2.60. The molecule has 0 aromatic carbocycles. The summed E-state index contributed by atoms with van der Waals surface area (Å²) < 4.78 is 23.2. The highest BCUT2D eigenvalue weighted by Crippen LogP contribution is 2.47. The minimum absolute atomic E-state index is 0.185. The molecule has 4 rings (SSSR count). The van der Waals surface area contributed by atoms with Crippen molar-refractivity contribution < 1.29 is 24.1 Å². The second-order valence-electron chi connectivity index (χ2n) is 6.26. The largest absolute Gasteiger partial charge is 0.367 e. The highest BCUT2D eigenvalue weighted by molar-refractivity contribution is 4.97. The molecular formula is C14H22O5. The first kappa shape index (κ1) is 12.5. The molecule has 0 unspecified atom stereocenters. The molecule has 3 aliphatic heterocycles. The van der Waals surface area contributed by atoms with Gasteiger partial charge in [0.15, 0.2) is 12.1 Å². The van der Waals surface area contributed by atoms with Gasteiger partial charge in [0.1, 0.15) is 12.7 Å². The summed E-state index contributed by atoms with van der Waals surface area (Å²) in [5, 5.41) is 10.1.